The van der Waals surface area contributed by atoms with Crippen LogP contribution in [0.3, 0.4) is 0 Å². The fraction of sp³-hybridized carbons (Fsp3) is 0.409. The van der Waals surface area contributed by atoms with Crippen molar-refractivity contribution in [1.29, 1.82) is 0 Å². The monoisotopic (exact) mass is 482 g/mol. The average molecular weight is 483 g/mol. The molecule has 0 bridgehead atoms. The first-order valence-corrected chi connectivity index (χ1v) is 12.5. The quantitative estimate of drug-likeness (QED) is 0.528. The zero-order valence-corrected chi connectivity index (χ0v) is 19.5. The van der Waals surface area contributed by atoms with Crippen molar-refractivity contribution < 1.29 is 27.8 Å². The molecule has 0 radical (unpaired) electrons. The van der Waals surface area contributed by atoms with Crippen molar-refractivity contribution in [3.05, 3.63) is 58.6 Å². The number of carbonyl (C=O) groups is 1. The number of benzene rings is 2. The molecular weight excluding hydrogens is 456 g/mol. The largest absolute Gasteiger partial charge is 0.482 e. The van der Waals surface area contributed by atoms with Crippen molar-refractivity contribution in [2.75, 3.05) is 36.9 Å². The maximum absolute atomic E-state index is 12.4. The van der Waals surface area contributed by atoms with E-state index in [1.54, 1.807) is 49.4 Å². The molecule has 1 aliphatic rings. The van der Waals surface area contributed by atoms with Crippen LogP contribution in [0.5, 0.6) is 5.75 Å². The van der Waals surface area contributed by atoms with Crippen LogP contribution in [0.1, 0.15) is 24.2 Å². The summed E-state index contributed by atoms with van der Waals surface area (Å²) in [4.78, 5) is 11.6. The summed E-state index contributed by atoms with van der Waals surface area (Å²) in [5.41, 5.74) is 2.01. The number of nitrogens with one attached hydrogen (secondary N) is 1. The van der Waals surface area contributed by atoms with Crippen LogP contribution in [0, 0.1) is 0 Å². The highest BCUT2D eigenvalue weighted by Crippen LogP contribution is 2.32. The number of fused-ring (bicyclic) bond motifs is 1. The first-order valence-electron chi connectivity index (χ1n) is 10.2. The summed E-state index contributed by atoms with van der Waals surface area (Å²) in [5, 5.41) is 14.3. The topological polar surface area (TPSA) is 105 Å². The van der Waals surface area contributed by atoms with Crippen LogP contribution in [-0.4, -0.2) is 58.1 Å². The molecule has 1 unspecified atom stereocenters. The minimum Gasteiger partial charge on any atom is -0.482 e. The number of rotatable bonds is 9. The molecule has 0 saturated heterocycles. The lowest BCUT2D eigenvalue weighted by Gasteiger charge is -2.35. The summed E-state index contributed by atoms with van der Waals surface area (Å²) in [6, 6.07) is 11.8. The number of nitrogens with zero attached hydrogens (tertiary/aromatic N) is 1. The van der Waals surface area contributed by atoms with E-state index in [1.165, 1.54) is 4.31 Å². The van der Waals surface area contributed by atoms with Gasteiger partial charge in [-0.1, -0.05) is 23.7 Å². The van der Waals surface area contributed by atoms with Gasteiger partial charge in [0.05, 0.1) is 24.7 Å². The molecule has 174 valence electrons. The summed E-state index contributed by atoms with van der Waals surface area (Å²) < 4.78 is 36.5. The molecule has 10 heteroatoms. The fourth-order valence-corrected chi connectivity index (χ4v) is 4.78. The zero-order chi connectivity index (χ0) is 23.3. The Morgan fingerprint density at radius 2 is 2.09 bits per heavy atom. The third-order valence-electron chi connectivity index (χ3n) is 5.07. The van der Waals surface area contributed by atoms with Gasteiger partial charge in [-0.2, -0.15) is 0 Å². The molecule has 0 spiro atoms. The van der Waals surface area contributed by atoms with Crippen LogP contribution in [-0.2, 0) is 26.0 Å². The molecule has 2 aromatic rings. The number of sulfonamides is 1. The van der Waals surface area contributed by atoms with E-state index in [4.69, 9.17) is 21.1 Å². The van der Waals surface area contributed by atoms with Crippen molar-refractivity contribution in [2.45, 2.75) is 25.5 Å². The van der Waals surface area contributed by atoms with E-state index in [0.717, 1.165) is 11.8 Å². The number of hydrogen-bond acceptors (Lipinski definition) is 7. The maximum atomic E-state index is 12.4. The summed E-state index contributed by atoms with van der Waals surface area (Å²) >= 11 is 6.00. The Morgan fingerprint density at radius 1 is 1.31 bits per heavy atom. The number of aliphatic hydroxyl groups is 1. The fourth-order valence-electron chi connectivity index (χ4n) is 3.59. The van der Waals surface area contributed by atoms with Gasteiger partial charge in [0, 0.05) is 24.2 Å². The molecule has 2 aromatic carbocycles. The van der Waals surface area contributed by atoms with E-state index < -0.39 is 22.1 Å². The number of esters is 1. The van der Waals surface area contributed by atoms with E-state index in [9.17, 15) is 18.3 Å². The second-order valence-corrected chi connectivity index (χ2v) is 9.90. The Kier molecular flexibility index (Phi) is 8.00. The van der Waals surface area contributed by atoms with Gasteiger partial charge < -0.3 is 19.9 Å². The number of aliphatic hydroxyl groups excluding tert-OH is 1. The number of hydrogen-bond donors (Lipinski definition) is 2. The second-order valence-electron chi connectivity index (χ2n) is 7.56. The predicted molar refractivity (Wildman–Crippen MR) is 123 cm³/mol. The lowest BCUT2D eigenvalue weighted by atomic mass is 9.99. The van der Waals surface area contributed by atoms with Gasteiger partial charge in [0.25, 0.3) is 0 Å². The molecule has 0 aliphatic carbocycles. The lowest BCUT2D eigenvalue weighted by Crippen LogP contribution is -2.49. The van der Waals surface area contributed by atoms with Gasteiger partial charge in [0.2, 0.25) is 10.0 Å². The number of carbonyl (C=O) groups excluding carboxylic acids is 1. The molecule has 1 aliphatic heterocycles. The standard InChI is InChI=1S/C22H27ClN2O6S/c1-3-30-22(27)14-31-19-7-8-20-16(11-19)10-18(13-25(20)32(2,28)29)24-12-21(26)15-5-4-6-17(23)9-15/h4-9,11,18,21,24,26H,3,10,12-14H2,1-2H3/t18?,21-/m0/s1. The van der Waals surface area contributed by atoms with E-state index in [1.807, 2.05) is 0 Å². The Hall–Kier alpha value is -2.33. The zero-order valence-electron chi connectivity index (χ0n) is 18.0. The summed E-state index contributed by atoms with van der Waals surface area (Å²) in [6.07, 6.45) is 0.895. The molecule has 8 nitrogen and oxygen atoms in total. The molecule has 0 aromatic heterocycles. The van der Waals surface area contributed by atoms with Crippen molar-refractivity contribution in [3.8, 4) is 5.75 Å². The summed E-state index contributed by atoms with van der Waals surface area (Å²) in [7, 11) is -3.52. The molecule has 32 heavy (non-hydrogen) atoms. The van der Waals surface area contributed by atoms with Gasteiger partial charge in [0.15, 0.2) is 6.61 Å². The highest BCUT2D eigenvalue weighted by atomic mass is 35.5. The van der Waals surface area contributed by atoms with Crippen molar-refractivity contribution in [3.63, 3.8) is 0 Å². The van der Waals surface area contributed by atoms with Gasteiger partial charge in [0.1, 0.15) is 5.75 Å². The number of halogens is 1. The third-order valence-corrected chi connectivity index (χ3v) is 6.45. The Labute approximate surface area is 193 Å². The number of anilines is 1. The number of ether oxygens (including phenoxy) is 2. The Balaban J connectivity index is 1.73. The molecule has 2 atom stereocenters. The van der Waals surface area contributed by atoms with Crippen molar-refractivity contribution >= 4 is 33.3 Å². The average Bonchev–Trinajstić information content (AvgIpc) is 2.74. The van der Waals surface area contributed by atoms with Crippen molar-refractivity contribution in [1.82, 2.24) is 5.32 Å². The summed E-state index contributed by atoms with van der Waals surface area (Å²) in [6.45, 7) is 2.22. The molecule has 2 N–H and O–H groups in total. The smallest absolute Gasteiger partial charge is 0.344 e. The minimum atomic E-state index is -3.52. The van der Waals surface area contributed by atoms with Crippen LogP contribution in [0.2, 0.25) is 5.02 Å². The van der Waals surface area contributed by atoms with Crippen LogP contribution in [0.15, 0.2) is 42.5 Å². The third kappa shape index (κ3) is 6.35. The van der Waals surface area contributed by atoms with E-state index >= 15 is 0 Å². The molecule has 0 amide bonds. The lowest BCUT2D eigenvalue weighted by molar-refractivity contribution is -0.145. The molecule has 0 saturated carbocycles. The Morgan fingerprint density at radius 3 is 2.78 bits per heavy atom. The van der Waals surface area contributed by atoms with E-state index in [0.29, 0.717) is 28.4 Å². The predicted octanol–water partition coefficient (Wildman–Crippen LogP) is 2.30. The van der Waals surface area contributed by atoms with Gasteiger partial charge in [-0.15, -0.1) is 0 Å². The first kappa shape index (κ1) is 24.3. The molecule has 0 fully saturated rings. The van der Waals surface area contributed by atoms with Gasteiger partial charge in [-0.05, 0) is 54.8 Å². The van der Waals surface area contributed by atoms with Crippen molar-refractivity contribution in [2.24, 2.45) is 0 Å². The molecule has 3 rings (SSSR count). The Bertz CT molecular complexity index is 1060. The summed E-state index contributed by atoms with van der Waals surface area (Å²) in [5.74, 6) is -0.0256. The van der Waals surface area contributed by atoms with E-state index in [2.05, 4.69) is 5.32 Å². The van der Waals surface area contributed by atoms with Crippen LogP contribution in [0.25, 0.3) is 0 Å². The molecule has 1 heterocycles. The first-order chi connectivity index (χ1) is 15.2. The SMILES string of the molecule is CCOC(=O)COc1ccc2c(c1)CC(NC[C@H](O)c1cccc(Cl)c1)CN2S(C)(=O)=O. The van der Waals surface area contributed by atoms with Crippen LogP contribution >= 0.6 is 11.6 Å². The van der Waals surface area contributed by atoms with Crippen LogP contribution in [0.4, 0.5) is 5.69 Å². The van der Waals surface area contributed by atoms with Crippen LogP contribution < -0.4 is 14.4 Å². The molecular formula is C22H27ClN2O6S. The highest BCUT2D eigenvalue weighted by molar-refractivity contribution is 7.92. The van der Waals surface area contributed by atoms with Gasteiger partial charge >= 0.3 is 5.97 Å². The minimum absolute atomic E-state index is 0.226. The van der Waals surface area contributed by atoms with Gasteiger partial charge in [-0.25, -0.2) is 13.2 Å². The second kappa shape index (κ2) is 10.5. The maximum Gasteiger partial charge on any atom is 0.344 e. The van der Waals surface area contributed by atoms with E-state index in [-0.39, 0.29) is 32.3 Å². The highest BCUT2D eigenvalue weighted by Gasteiger charge is 2.30. The van der Waals surface area contributed by atoms with Gasteiger partial charge in [-0.3, -0.25) is 4.31 Å². The normalized spacial score (nSPS) is 16.9.